The van der Waals surface area contributed by atoms with Crippen LogP contribution in [0.2, 0.25) is 5.15 Å². The number of pyridine rings is 1. The van der Waals surface area contributed by atoms with Gasteiger partial charge in [-0.05, 0) is 44.2 Å². The average molecular weight is 283 g/mol. The number of carbonyl (C=O) groups excluding carboxylic acids is 1. The molecule has 0 aliphatic heterocycles. The highest BCUT2D eigenvalue weighted by Gasteiger charge is 2.31. The molecule has 0 bridgehead atoms. The van der Waals surface area contributed by atoms with Gasteiger partial charge in [-0.25, -0.2) is 4.98 Å². The number of ether oxygens (including phenoxy) is 1. The topological polar surface area (TPSA) is 51.2 Å². The van der Waals surface area contributed by atoms with E-state index < -0.39 is 0 Å². The smallest absolute Gasteiger partial charge is 0.224 e. The van der Waals surface area contributed by atoms with E-state index >= 15 is 0 Å². The van der Waals surface area contributed by atoms with E-state index in [1.165, 1.54) is 0 Å². The van der Waals surface area contributed by atoms with Crippen LogP contribution in [0.1, 0.15) is 31.7 Å². The fraction of sp³-hybridized carbons (Fsp3) is 0.571. The minimum Gasteiger partial charge on any atom is -0.378 e. The van der Waals surface area contributed by atoms with Crippen LogP contribution in [0.5, 0.6) is 0 Å². The summed E-state index contributed by atoms with van der Waals surface area (Å²) in [5.74, 6) is 0.422. The van der Waals surface area contributed by atoms with Crippen molar-refractivity contribution >= 4 is 23.2 Å². The Morgan fingerprint density at radius 2 is 2.32 bits per heavy atom. The zero-order valence-electron chi connectivity index (χ0n) is 11.3. The molecule has 1 heterocycles. The Kier molecular flexibility index (Phi) is 4.77. The van der Waals surface area contributed by atoms with E-state index in [0.717, 1.165) is 25.0 Å². The quantitative estimate of drug-likeness (QED) is 0.844. The Morgan fingerprint density at radius 3 is 2.95 bits per heavy atom. The lowest BCUT2D eigenvalue weighted by Crippen LogP contribution is -2.34. The molecule has 1 aliphatic carbocycles. The first-order valence-electron chi connectivity index (χ1n) is 6.62. The van der Waals surface area contributed by atoms with Gasteiger partial charge >= 0.3 is 0 Å². The fourth-order valence-electron chi connectivity index (χ4n) is 2.34. The molecule has 1 aliphatic rings. The average Bonchev–Trinajstić information content (AvgIpc) is 2.31. The molecule has 1 aromatic heterocycles. The molecule has 0 radical (unpaired) electrons. The van der Waals surface area contributed by atoms with Crippen LogP contribution in [0.15, 0.2) is 12.3 Å². The highest BCUT2D eigenvalue weighted by atomic mass is 35.5. The van der Waals surface area contributed by atoms with E-state index in [-0.39, 0.29) is 5.91 Å². The summed E-state index contributed by atoms with van der Waals surface area (Å²) in [6, 6.07) is 1.83. The van der Waals surface area contributed by atoms with Gasteiger partial charge in [0.05, 0.1) is 11.8 Å². The molecule has 0 atom stereocenters. The molecule has 0 spiro atoms. The number of nitrogens with zero attached hydrogens (tertiary/aromatic N) is 1. The van der Waals surface area contributed by atoms with Gasteiger partial charge in [-0.2, -0.15) is 0 Å². The van der Waals surface area contributed by atoms with E-state index in [9.17, 15) is 4.79 Å². The molecule has 1 saturated carbocycles. The standard InChI is InChI=1S/C14H19ClN2O2/c1-3-19-11-6-10(7-11)8-12(18)17-13-9(2)4-5-16-14(13)15/h4-5,10-11H,3,6-8H2,1-2H3,(H,17,18). The first-order chi connectivity index (χ1) is 9.10. The first kappa shape index (κ1) is 14.3. The first-order valence-corrected chi connectivity index (χ1v) is 7.00. The number of amides is 1. The van der Waals surface area contributed by atoms with Crippen molar-refractivity contribution in [1.82, 2.24) is 4.98 Å². The largest absolute Gasteiger partial charge is 0.378 e. The Hall–Kier alpha value is -1.13. The second kappa shape index (κ2) is 6.35. The van der Waals surface area contributed by atoms with Crippen molar-refractivity contribution in [1.29, 1.82) is 0 Å². The van der Waals surface area contributed by atoms with E-state index in [4.69, 9.17) is 16.3 Å². The summed E-state index contributed by atoms with van der Waals surface area (Å²) >= 11 is 5.98. The van der Waals surface area contributed by atoms with Crippen molar-refractivity contribution in [3.63, 3.8) is 0 Å². The van der Waals surface area contributed by atoms with Gasteiger partial charge in [0.1, 0.15) is 0 Å². The predicted octanol–water partition coefficient (Wildman–Crippen LogP) is 3.19. The van der Waals surface area contributed by atoms with Gasteiger partial charge in [0.25, 0.3) is 0 Å². The highest BCUT2D eigenvalue weighted by Crippen LogP contribution is 2.33. The molecule has 4 nitrogen and oxygen atoms in total. The van der Waals surface area contributed by atoms with Crippen molar-refractivity contribution in [2.24, 2.45) is 5.92 Å². The molecule has 104 valence electrons. The van der Waals surface area contributed by atoms with Crippen LogP contribution in [0.25, 0.3) is 0 Å². The maximum absolute atomic E-state index is 11.9. The summed E-state index contributed by atoms with van der Waals surface area (Å²) in [6.07, 6.45) is 4.44. The number of aromatic nitrogens is 1. The minimum absolute atomic E-state index is 0.00190. The SMILES string of the molecule is CCOC1CC(CC(=O)Nc2c(C)ccnc2Cl)C1. The Labute approximate surface area is 118 Å². The summed E-state index contributed by atoms with van der Waals surface area (Å²) in [6.45, 7) is 4.64. The summed E-state index contributed by atoms with van der Waals surface area (Å²) in [5.41, 5.74) is 1.55. The third kappa shape index (κ3) is 3.67. The second-order valence-electron chi connectivity index (χ2n) is 4.96. The van der Waals surface area contributed by atoms with Gasteiger partial charge in [-0.1, -0.05) is 11.6 Å². The van der Waals surface area contributed by atoms with Crippen LogP contribution < -0.4 is 5.32 Å². The van der Waals surface area contributed by atoms with Crippen LogP contribution >= 0.6 is 11.6 Å². The molecule has 0 aromatic carbocycles. The maximum Gasteiger partial charge on any atom is 0.224 e. The van der Waals surface area contributed by atoms with Crippen molar-refractivity contribution in [3.05, 3.63) is 23.0 Å². The lowest BCUT2D eigenvalue weighted by Gasteiger charge is -2.34. The number of hydrogen-bond acceptors (Lipinski definition) is 3. The molecular weight excluding hydrogens is 264 g/mol. The minimum atomic E-state index is -0.00190. The Morgan fingerprint density at radius 1 is 1.58 bits per heavy atom. The van der Waals surface area contributed by atoms with Gasteiger partial charge in [0.2, 0.25) is 5.91 Å². The van der Waals surface area contributed by atoms with Crippen LogP contribution in [-0.2, 0) is 9.53 Å². The Bertz CT molecular complexity index is 439. The van der Waals surface area contributed by atoms with Crippen LogP contribution in [0.3, 0.4) is 0 Å². The zero-order valence-corrected chi connectivity index (χ0v) is 12.0. The predicted molar refractivity (Wildman–Crippen MR) is 75.4 cm³/mol. The molecule has 2 rings (SSSR count). The fourth-order valence-corrected chi connectivity index (χ4v) is 2.59. The number of carbonyl (C=O) groups is 1. The lowest BCUT2D eigenvalue weighted by atomic mass is 9.80. The van der Waals surface area contributed by atoms with Gasteiger partial charge in [0.15, 0.2) is 5.15 Å². The van der Waals surface area contributed by atoms with Gasteiger partial charge < -0.3 is 10.1 Å². The molecule has 0 saturated heterocycles. The third-order valence-electron chi connectivity index (χ3n) is 3.45. The number of nitrogens with one attached hydrogen (secondary N) is 1. The van der Waals surface area contributed by atoms with Gasteiger partial charge in [-0.15, -0.1) is 0 Å². The molecule has 19 heavy (non-hydrogen) atoms. The van der Waals surface area contributed by atoms with Crippen molar-refractivity contribution in [3.8, 4) is 0 Å². The zero-order chi connectivity index (χ0) is 13.8. The maximum atomic E-state index is 11.9. The number of hydrogen-bond donors (Lipinski definition) is 1. The number of aryl methyl sites for hydroxylation is 1. The second-order valence-corrected chi connectivity index (χ2v) is 5.32. The van der Waals surface area contributed by atoms with Crippen molar-refractivity contribution in [2.45, 2.75) is 39.2 Å². The van der Waals surface area contributed by atoms with E-state index in [1.54, 1.807) is 6.20 Å². The molecule has 0 unspecified atom stereocenters. The van der Waals surface area contributed by atoms with Crippen LogP contribution in [0, 0.1) is 12.8 Å². The summed E-state index contributed by atoms with van der Waals surface area (Å²) < 4.78 is 5.48. The highest BCUT2D eigenvalue weighted by molar-refractivity contribution is 6.32. The van der Waals surface area contributed by atoms with Crippen LogP contribution in [-0.4, -0.2) is 23.6 Å². The molecule has 1 N–H and O–H groups in total. The van der Waals surface area contributed by atoms with E-state index in [0.29, 0.717) is 29.3 Å². The lowest BCUT2D eigenvalue weighted by molar-refractivity contribution is -0.119. The molecule has 1 aromatic rings. The van der Waals surface area contributed by atoms with Gasteiger partial charge in [-0.3, -0.25) is 4.79 Å². The summed E-state index contributed by atoms with van der Waals surface area (Å²) in [7, 11) is 0. The van der Waals surface area contributed by atoms with E-state index in [1.807, 2.05) is 19.9 Å². The monoisotopic (exact) mass is 282 g/mol. The van der Waals surface area contributed by atoms with Gasteiger partial charge in [0, 0.05) is 19.2 Å². The molecule has 1 amide bonds. The number of halogens is 1. The third-order valence-corrected chi connectivity index (χ3v) is 3.73. The molecule has 5 heteroatoms. The summed E-state index contributed by atoms with van der Waals surface area (Å²) in [4.78, 5) is 15.9. The van der Waals surface area contributed by atoms with E-state index in [2.05, 4.69) is 10.3 Å². The number of anilines is 1. The van der Waals surface area contributed by atoms with Crippen molar-refractivity contribution < 1.29 is 9.53 Å². The summed E-state index contributed by atoms with van der Waals surface area (Å²) in [5, 5.41) is 3.19. The van der Waals surface area contributed by atoms with Crippen molar-refractivity contribution in [2.75, 3.05) is 11.9 Å². The molecule has 1 fully saturated rings. The molecular formula is C14H19ClN2O2. The number of rotatable bonds is 5. The normalized spacial score (nSPS) is 21.8. The van der Waals surface area contributed by atoms with Crippen LogP contribution in [0.4, 0.5) is 5.69 Å². The Balaban J connectivity index is 1.82.